The zero-order valence-corrected chi connectivity index (χ0v) is 13.3. The highest BCUT2D eigenvalue weighted by atomic mass is 79.9. The lowest BCUT2D eigenvalue weighted by molar-refractivity contribution is -0.154. The minimum Gasteiger partial charge on any atom is -0.479 e. The average molecular weight is 344 g/mol. The second kappa shape index (κ2) is 7.89. The summed E-state index contributed by atoms with van der Waals surface area (Å²) in [6, 6.07) is 7.10. The van der Waals surface area contributed by atoms with Crippen LogP contribution in [0.15, 0.2) is 28.7 Å². The monoisotopic (exact) mass is 343 g/mol. The predicted octanol–water partition coefficient (Wildman–Crippen LogP) is 2.28. The van der Waals surface area contributed by atoms with Crippen LogP contribution in [-0.2, 0) is 14.3 Å². The van der Waals surface area contributed by atoms with Crippen LogP contribution >= 0.6 is 15.9 Å². The molecule has 0 heterocycles. The number of hydrogen-bond acceptors (Lipinski definition) is 4. The van der Waals surface area contributed by atoms with Gasteiger partial charge in [-0.05, 0) is 45.0 Å². The van der Waals surface area contributed by atoms with Crippen molar-refractivity contribution in [2.75, 3.05) is 6.61 Å². The zero-order valence-electron chi connectivity index (χ0n) is 11.7. The van der Waals surface area contributed by atoms with Crippen LogP contribution in [0, 0.1) is 0 Å². The molecule has 0 saturated carbocycles. The number of halogens is 1. The van der Waals surface area contributed by atoms with E-state index < -0.39 is 12.1 Å². The first-order valence-corrected chi connectivity index (χ1v) is 7.06. The van der Waals surface area contributed by atoms with E-state index in [0.29, 0.717) is 5.75 Å². The molecule has 0 aliphatic rings. The third-order valence-corrected chi connectivity index (χ3v) is 2.78. The Balaban J connectivity index is 2.39. The maximum atomic E-state index is 11.7. The van der Waals surface area contributed by atoms with Crippen molar-refractivity contribution < 1.29 is 19.1 Å². The lowest BCUT2D eigenvalue weighted by atomic mass is 10.3. The van der Waals surface area contributed by atoms with Crippen molar-refractivity contribution in [2.24, 2.45) is 0 Å². The maximum absolute atomic E-state index is 11.7. The number of ether oxygens (including phenoxy) is 2. The molecule has 0 aliphatic carbocycles. The molecule has 1 rings (SSSR count). The van der Waals surface area contributed by atoms with E-state index in [9.17, 15) is 9.59 Å². The summed E-state index contributed by atoms with van der Waals surface area (Å²) < 4.78 is 11.2. The van der Waals surface area contributed by atoms with Gasteiger partial charge in [-0.15, -0.1) is 0 Å². The number of rotatable bonds is 6. The smallest absolute Gasteiger partial charge is 0.347 e. The quantitative estimate of drug-likeness (QED) is 0.805. The molecular weight excluding hydrogens is 326 g/mol. The summed E-state index contributed by atoms with van der Waals surface area (Å²) in [4.78, 5) is 23.0. The second-order valence-electron chi connectivity index (χ2n) is 4.54. The molecule has 0 aliphatic heterocycles. The highest BCUT2D eigenvalue weighted by Crippen LogP contribution is 2.17. The van der Waals surface area contributed by atoms with Gasteiger partial charge in [0, 0.05) is 10.5 Å². The molecule has 1 aromatic rings. The Bertz CT molecular complexity index is 459. The molecule has 0 spiro atoms. The minimum atomic E-state index is -0.775. The Morgan fingerprint density at radius 2 is 1.80 bits per heavy atom. The number of carbonyl (C=O) groups excluding carboxylic acids is 2. The number of benzene rings is 1. The van der Waals surface area contributed by atoms with Gasteiger partial charge in [-0.3, -0.25) is 4.79 Å². The Kier molecular flexibility index (Phi) is 6.51. The molecule has 6 heteroatoms. The summed E-state index contributed by atoms with van der Waals surface area (Å²) in [5.74, 6) is -0.347. The van der Waals surface area contributed by atoms with Gasteiger partial charge >= 0.3 is 5.97 Å². The van der Waals surface area contributed by atoms with Crippen LogP contribution < -0.4 is 10.1 Å². The second-order valence-corrected chi connectivity index (χ2v) is 5.46. The molecule has 1 N–H and O–H groups in total. The number of amides is 1. The van der Waals surface area contributed by atoms with E-state index >= 15 is 0 Å². The zero-order chi connectivity index (χ0) is 15.1. The number of nitrogens with one attached hydrogen (secondary N) is 1. The van der Waals surface area contributed by atoms with E-state index in [-0.39, 0.29) is 18.6 Å². The van der Waals surface area contributed by atoms with Crippen LogP contribution in [-0.4, -0.2) is 30.6 Å². The maximum Gasteiger partial charge on any atom is 0.347 e. The molecule has 1 atom stereocenters. The molecule has 0 unspecified atom stereocenters. The summed E-state index contributed by atoms with van der Waals surface area (Å²) in [5, 5.41) is 2.63. The fourth-order valence-electron chi connectivity index (χ4n) is 1.38. The molecule has 0 bridgehead atoms. The Morgan fingerprint density at radius 3 is 2.35 bits per heavy atom. The lowest BCUT2D eigenvalue weighted by Crippen LogP contribution is -2.36. The number of esters is 1. The summed E-state index contributed by atoms with van der Waals surface area (Å²) in [6.07, 6.45) is -0.775. The van der Waals surface area contributed by atoms with Gasteiger partial charge < -0.3 is 14.8 Å². The van der Waals surface area contributed by atoms with Gasteiger partial charge in [0.1, 0.15) is 5.75 Å². The molecule has 0 fully saturated rings. The van der Waals surface area contributed by atoms with Crippen LogP contribution in [0.25, 0.3) is 0 Å². The van der Waals surface area contributed by atoms with Crippen LogP contribution in [0.4, 0.5) is 0 Å². The average Bonchev–Trinajstić information content (AvgIpc) is 2.37. The molecule has 110 valence electrons. The van der Waals surface area contributed by atoms with Gasteiger partial charge in [0.05, 0.1) is 0 Å². The van der Waals surface area contributed by atoms with Crippen molar-refractivity contribution in [3.8, 4) is 5.75 Å². The summed E-state index contributed by atoms with van der Waals surface area (Å²) in [7, 11) is 0. The van der Waals surface area contributed by atoms with E-state index in [2.05, 4.69) is 21.2 Å². The van der Waals surface area contributed by atoms with E-state index in [4.69, 9.17) is 9.47 Å². The van der Waals surface area contributed by atoms with Gasteiger partial charge in [-0.25, -0.2) is 4.79 Å². The van der Waals surface area contributed by atoms with Crippen LogP contribution in [0.3, 0.4) is 0 Å². The van der Waals surface area contributed by atoms with Gasteiger partial charge in [0.15, 0.2) is 12.7 Å². The third kappa shape index (κ3) is 6.06. The lowest BCUT2D eigenvalue weighted by Gasteiger charge is -2.14. The summed E-state index contributed by atoms with van der Waals surface area (Å²) >= 11 is 3.31. The minimum absolute atomic E-state index is 0.0117. The summed E-state index contributed by atoms with van der Waals surface area (Å²) in [6.45, 7) is 4.94. The first kappa shape index (κ1) is 16.5. The van der Waals surface area contributed by atoms with Crippen molar-refractivity contribution in [1.82, 2.24) is 5.32 Å². The fourth-order valence-corrected chi connectivity index (χ4v) is 1.65. The predicted molar refractivity (Wildman–Crippen MR) is 78.5 cm³/mol. The molecule has 0 aromatic heterocycles. The van der Waals surface area contributed by atoms with Crippen LogP contribution in [0.2, 0.25) is 0 Å². The van der Waals surface area contributed by atoms with Crippen molar-refractivity contribution in [1.29, 1.82) is 0 Å². The largest absolute Gasteiger partial charge is 0.479 e. The molecule has 1 amide bonds. The van der Waals surface area contributed by atoms with Gasteiger partial charge in [-0.2, -0.15) is 0 Å². The van der Waals surface area contributed by atoms with Gasteiger partial charge in [-0.1, -0.05) is 15.9 Å². The van der Waals surface area contributed by atoms with E-state index in [0.717, 1.165) is 4.47 Å². The molecule has 0 saturated heterocycles. The van der Waals surface area contributed by atoms with Crippen molar-refractivity contribution in [2.45, 2.75) is 32.9 Å². The van der Waals surface area contributed by atoms with Crippen molar-refractivity contribution in [3.05, 3.63) is 28.7 Å². The molecule has 20 heavy (non-hydrogen) atoms. The standard InChI is InChI=1S/C14H18BrNO4/c1-9(2)16-13(17)8-19-14(18)10(3)20-12-6-4-11(15)5-7-12/h4-7,9-10H,8H2,1-3H3,(H,16,17)/t10-/m0/s1. The molecule has 5 nitrogen and oxygen atoms in total. The molecular formula is C14H18BrNO4. The van der Waals surface area contributed by atoms with Crippen molar-refractivity contribution >= 4 is 27.8 Å². The van der Waals surface area contributed by atoms with E-state index in [1.165, 1.54) is 0 Å². The number of hydrogen-bond donors (Lipinski definition) is 1. The van der Waals surface area contributed by atoms with E-state index in [1.54, 1.807) is 19.1 Å². The highest BCUT2D eigenvalue weighted by Gasteiger charge is 2.17. The topological polar surface area (TPSA) is 64.6 Å². The van der Waals surface area contributed by atoms with Crippen LogP contribution in [0.1, 0.15) is 20.8 Å². The Hall–Kier alpha value is -1.56. The SMILES string of the molecule is CC(C)NC(=O)COC(=O)[C@H](C)Oc1ccc(Br)cc1. The van der Waals surface area contributed by atoms with Gasteiger partial charge in [0.25, 0.3) is 5.91 Å². The highest BCUT2D eigenvalue weighted by molar-refractivity contribution is 9.10. The Morgan fingerprint density at radius 1 is 1.20 bits per heavy atom. The first-order valence-electron chi connectivity index (χ1n) is 6.26. The Labute approximate surface area is 126 Å². The molecule has 0 radical (unpaired) electrons. The number of carbonyl (C=O) groups is 2. The van der Waals surface area contributed by atoms with Gasteiger partial charge in [0.2, 0.25) is 0 Å². The first-order chi connectivity index (χ1) is 9.38. The van der Waals surface area contributed by atoms with E-state index in [1.807, 2.05) is 26.0 Å². The van der Waals surface area contributed by atoms with Crippen LogP contribution in [0.5, 0.6) is 5.75 Å². The summed E-state index contributed by atoms with van der Waals surface area (Å²) in [5.41, 5.74) is 0. The molecule has 1 aromatic carbocycles. The van der Waals surface area contributed by atoms with Crippen molar-refractivity contribution in [3.63, 3.8) is 0 Å². The third-order valence-electron chi connectivity index (χ3n) is 2.25. The normalized spacial score (nSPS) is 11.8. The fraction of sp³-hybridized carbons (Fsp3) is 0.429.